The van der Waals surface area contributed by atoms with Gasteiger partial charge in [0, 0.05) is 36.1 Å². The van der Waals surface area contributed by atoms with Gasteiger partial charge in [-0.3, -0.25) is 4.79 Å². The van der Waals surface area contributed by atoms with Gasteiger partial charge >= 0.3 is 0 Å². The molecule has 126 valence electrons. The molecule has 3 fully saturated rings. The van der Waals surface area contributed by atoms with Crippen LogP contribution < -0.4 is 0 Å². The Labute approximate surface area is 139 Å². The van der Waals surface area contributed by atoms with Crippen molar-refractivity contribution < 1.29 is 4.79 Å². The van der Waals surface area contributed by atoms with Gasteiger partial charge in [-0.2, -0.15) is 0 Å². The second-order valence-corrected chi connectivity index (χ2v) is 7.78. The highest BCUT2D eigenvalue weighted by Gasteiger charge is 2.39. The van der Waals surface area contributed by atoms with Gasteiger partial charge in [0.1, 0.15) is 0 Å². The predicted octanol–water partition coefficient (Wildman–Crippen LogP) is 3.14. The number of nitrogens with zero attached hydrogens (tertiary/aromatic N) is 3. The van der Waals surface area contributed by atoms with Crippen LogP contribution in [-0.4, -0.2) is 52.5 Å². The number of aryl methyl sites for hydroxylation is 1. The van der Waals surface area contributed by atoms with Gasteiger partial charge in [0.2, 0.25) is 0 Å². The SMILES string of the molecule is Cc1cc(C(=O)N2CCC[C@H]2[C@H]2CCCN2C)c(C)n1C1CC1. The predicted molar refractivity (Wildman–Crippen MR) is 91.9 cm³/mol. The highest BCUT2D eigenvalue weighted by Crippen LogP contribution is 2.39. The highest BCUT2D eigenvalue weighted by atomic mass is 16.2. The van der Waals surface area contributed by atoms with Crippen LogP contribution in [0.1, 0.15) is 66.3 Å². The number of aromatic nitrogens is 1. The van der Waals surface area contributed by atoms with Crippen molar-refractivity contribution in [2.45, 2.75) is 70.5 Å². The van der Waals surface area contributed by atoms with E-state index >= 15 is 0 Å². The van der Waals surface area contributed by atoms with Gasteiger partial charge in [0.15, 0.2) is 0 Å². The molecule has 4 heteroatoms. The molecule has 4 nitrogen and oxygen atoms in total. The Morgan fingerprint density at radius 2 is 1.74 bits per heavy atom. The zero-order valence-electron chi connectivity index (χ0n) is 14.7. The molecule has 3 heterocycles. The number of carbonyl (C=O) groups excluding carboxylic acids is 1. The first-order valence-electron chi connectivity index (χ1n) is 9.27. The summed E-state index contributed by atoms with van der Waals surface area (Å²) < 4.78 is 2.39. The van der Waals surface area contributed by atoms with Crippen molar-refractivity contribution in [2.24, 2.45) is 0 Å². The molecule has 2 saturated heterocycles. The van der Waals surface area contributed by atoms with Crippen molar-refractivity contribution in [3.63, 3.8) is 0 Å². The van der Waals surface area contributed by atoms with Crippen molar-refractivity contribution in [2.75, 3.05) is 20.1 Å². The highest BCUT2D eigenvalue weighted by molar-refractivity contribution is 5.96. The molecule has 1 aromatic rings. The average molecular weight is 315 g/mol. The minimum absolute atomic E-state index is 0.271. The van der Waals surface area contributed by atoms with Crippen molar-refractivity contribution >= 4 is 5.91 Å². The third kappa shape index (κ3) is 2.51. The van der Waals surface area contributed by atoms with E-state index < -0.39 is 0 Å². The standard InChI is InChI=1S/C19H29N3O/c1-13-12-16(14(2)22(13)15-8-9-15)19(23)21-11-5-7-18(21)17-6-4-10-20(17)3/h12,15,17-18H,4-11H2,1-3H3/t17-,18+/m1/s1. The van der Waals surface area contributed by atoms with Gasteiger partial charge in [-0.05, 0) is 72.0 Å². The van der Waals surface area contributed by atoms with Crippen LogP contribution in [0.15, 0.2) is 6.07 Å². The van der Waals surface area contributed by atoms with Gasteiger partial charge in [0.25, 0.3) is 5.91 Å². The van der Waals surface area contributed by atoms with Crippen LogP contribution in [0.25, 0.3) is 0 Å². The molecule has 0 radical (unpaired) electrons. The largest absolute Gasteiger partial charge is 0.345 e. The van der Waals surface area contributed by atoms with Gasteiger partial charge in [-0.1, -0.05) is 0 Å². The Morgan fingerprint density at radius 3 is 2.39 bits per heavy atom. The lowest BCUT2D eigenvalue weighted by molar-refractivity contribution is 0.0663. The van der Waals surface area contributed by atoms with Gasteiger partial charge < -0.3 is 14.4 Å². The van der Waals surface area contributed by atoms with E-state index in [0.29, 0.717) is 18.1 Å². The molecule has 0 N–H and O–H groups in total. The molecular weight excluding hydrogens is 286 g/mol. The molecule has 1 amide bonds. The normalized spacial score (nSPS) is 28.7. The van der Waals surface area contributed by atoms with Crippen LogP contribution in [0.3, 0.4) is 0 Å². The minimum Gasteiger partial charge on any atom is -0.345 e. The summed E-state index contributed by atoms with van der Waals surface area (Å²) in [6.45, 7) is 6.39. The lowest BCUT2D eigenvalue weighted by atomic mass is 10.0. The van der Waals surface area contributed by atoms with Gasteiger partial charge in [0.05, 0.1) is 5.56 Å². The zero-order valence-corrected chi connectivity index (χ0v) is 14.7. The Bertz CT molecular complexity index is 616. The summed E-state index contributed by atoms with van der Waals surface area (Å²) in [7, 11) is 2.22. The van der Waals surface area contributed by atoms with Crippen LogP contribution in [0.5, 0.6) is 0 Å². The topological polar surface area (TPSA) is 28.5 Å². The van der Waals surface area contributed by atoms with E-state index in [-0.39, 0.29) is 5.91 Å². The van der Waals surface area contributed by atoms with Crippen LogP contribution in [0, 0.1) is 13.8 Å². The fourth-order valence-corrected chi connectivity index (χ4v) is 4.91. The van der Waals surface area contributed by atoms with Crippen LogP contribution >= 0.6 is 0 Å². The van der Waals surface area contributed by atoms with Gasteiger partial charge in [-0.15, -0.1) is 0 Å². The molecule has 1 aliphatic carbocycles. The summed E-state index contributed by atoms with van der Waals surface area (Å²) in [5, 5.41) is 0. The molecule has 0 aromatic carbocycles. The third-order valence-corrected chi connectivity index (χ3v) is 6.21. The maximum absolute atomic E-state index is 13.2. The Kier molecular flexibility index (Phi) is 3.75. The van der Waals surface area contributed by atoms with Crippen molar-refractivity contribution in [1.82, 2.24) is 14.4 Å². The first kappa shape index (κ1) is 15.3. The summed E-state index contributed by atoms with van der Waals surface area (Å²) in [5.41, 5.74) is 3.38. The molecule has 2 atom stereocenters. The number of hydrogen-bond donors (Lipinski definition) is 0. The molecule has 3 aliphatic rings. The van der Waals surface area contributed by atoms with Crippen LogP contribution in [-0.2, 0) is 0 Å². The van der Waals surface area contributed by atoms with E-state index in [2.05, 4.69) is 41.3 Å². The molecular formula is C19H29N3O. The van der Waals surface area contributed by atoms with Crippen LogP contribution in [0.2, 0.25) is 0 Å². The number of rotatable bonds is 3. The summed E-state index contributed by atoms with van der Waals surface area (Å²) >= 11 is 0. The monoisotopic (exact) mass is 315 g/mol. The molecule has 23 heavy (non-hydrogen) atoms. The molecule has 1 saturated carbocycles. The first-order valence-corrected chi connectivity index (χ1v) is 9.27. The zero-order chi connectivity index (χ0) is 16.1. The molecule has 4 rings (SSSR count). The summed E-state index contributed by atoms with van der Waals surface area (Å²) in [6, 6.07) is 3.75. The number of hydrogen-bond acceptors (Lipinski definition) is 2. The Hall–Kier alpha value is -1.29. The second-order valence-electron chi connectivity index (χ2n) is 7.78. The molecule has 0 unspecified atom stereocenters. The number of amides is 1. The van der Waals surface area contributed by atoms with Crippen LogP contribution in [0.4, 0.5) is 0 Å². The van der Waals surface area contributed by atoms with Crippen molar-refractivity contribution in [1.29, 1.82) is 0 Å². The van der Waals surface area contributed by atoms with E-state index in [1.807, 2.05) is 0 Å². The quantitative estimate of drug-likeness (QED) is 0.857. The van der Waals surface area contributed by atoms with E-state index in [4.69, 9.17) is 0 Å². The lowest BCUT2D eigenvalue weighted by Crippen LogP contribution is -2.47. The average Bonchev–Trinajstić information content (AvgIpc) is 2.95. The lowest BCUT2D eigenvalue weighted by Gasteiger charge is -2.33. The fourth-order valence-electron chi connectivity index (χ4n) is 4.91. The smallest absolute Gasteiger partial charge is 0.255 e. The molecule has 1 aromatic heterocycles. The van der Waals surface area contributed by atoms with E-state index in [1.54, 1.807) is 0 Å². The van der Waals surface area contributed by atoms with Gasteiger partial charge in [-0.25, -0.2) is 0 Å². The van der Waals surface area contributed by atoms with Crippen molar-refractivity contribution in [3.05, 3.63) is 23.0 Å². The Balaban J connectivity index is 1.59. The Morgan fingerprint density at radius 1 is 1.04 bits per heavy atom. The van der Waals surface area contributed by atoms with E-state index in [9.17, 15) is 4.79 Å². The minimum atomic E-state index is 0.271. The number of likely N-dealkylation sites (N-methyl/N-ethyl adjacent to an activating group) is 1. The summed E-state index contributed by atoms with van der Waals surface area (Å²) in [5.74, 6) is 0.271. The third-order valence-electron chi connectivity index (χ3n) is 6.21. The molecule has 0 bridgehead atoms. The van der Waals surface area contributed by atoms with E-state index in [1.165, 1.54) is 50.0 Å². The summed E-state index contributed by atoms with van der Waals surface area (Å²) in [4.78, 5) is 17.9. The van der Waals surface area contributed by atoms with Crippen molar-refractivity contribution in [3.8, 4) is 0 Å². The fraction of sp³-hybridized carbons (Fsp3) is 0.737. The van der Waals surface area contributed by atoms with E-state index in [0.717, 1.165) is 18.5 Å². The first-order chi connectivity index (χ1) is 11.1. The molecule has 2 aliphatic heterocycles. The maximum Gasteiger partial charge on any atom is 0.255 e. The second kappa shape index (κ2) is 5.66. The maximum atomic E-state index is 13.2. The summed E-state index contributed by atoms with van der Waals surface area (Å²) in [6.07, 6.45) is 7.37. The molecule has 0 spiro atoms. The number of likely N-dealkylation sites (tertiary alicyclic amines) is 2. The number of carbonyl (C=O) groups is 1.